The molecule has 1 saturated heterocycles. The molecule has 0 spiro atoms. The van der Waals surface area contributed by atoms with Crippen molar-refractivity contribution in [3.05, 3.63) is 0 Å². The van der Waals surface area contributed by atoms with Crippen molar-refractivity contribution in [3.63, 3.8) is 0 Å². The molecule has 1 fully saturated rings. The van der Waals surface area contributed by atoms with Gasteiger partial charge in [-0.2, -0.15) is 0 Å². The molecule has 1 rings (SSSR count). The zero-order valence-electron chi connectivity index (χ0n) is 6.94. The second-order valence-electron chi connectivity index (χ2n) is 3.34. The molecule has 0 radical (unpaired) electrons. The van der Waals surface area contributed by atoms with E-state index in [0.29, 0.717) is 13.2 Å². The van der Waals surface area contributed by atoms with E-state index in [1.54, 1.807) is 0 Å². The SMILES string of the molecule is CC1(C)COP(=O)([Se]C#N)OC1. The average molecular weight is 254 g/mol. The molecule has 6 heteroatoms. The summed E-state index contributed by atoms with van der Waals surface area (Å²) < 4.78 is 21.6. The first-order valence-electron chi connectivity index (χ1n) is 3.44. The summed E-state index contributed by atoms with van der Waals surface area (Å²) in [5, 5.41) is 8.36. The van der Waals surface area contributed by atoms with Crippen LogP contribution >= 0.6 is 6.29 Å². The van der Waals surface area contributed by atoms with Gasteiger partial charge in [0, 0.05) is 0 Å². The Labute approximate surface area is 77.5 Å². The summed E-state index contributed by atoms with van der Waals surface area (Å²) in [6.45, 7) is 4.76. The average Bonchev–Trinajstić information content (AvgIpc) is 1.98. The second kappa shape index (κ2) is 3.49. The van der Waals surface area contributed by atoms with Gasteiger partial charge in [-0.05, 0) is 0 Å². The van der Waals surface area contributed by atoms with Crippen molar-refractivity contribution in [1.82, 2.24) is 0 Å². The van der Waals surface area contributed by atoms with E-state index in [-0.39, 0.29) is 5.41 Å². The predicted octanol–water partition coefficient (Wildman–Crippen LogP) is 1.35. The summed E-state index contributed by atoms with van der Waals surface area (Å²) in [7, 11) is 0. The number of nitrogens with zero attached hydrogens (tertiary/aromatic N) is 1. The van der Waals surface area contributed by atoms with Gasteiger partial charge in [-0.25, -0.2) is 0 Å². The van der Waals surface area contributed by atoms with E-state index in [0.717, 1.165) is 0 Å². The van der Waals surface area contributed by atoms with Gasteiger partial charge in [-0.3, -0.25) is 0 Å². The van der Waals surface area contributed by atoms with Gasteiger partial charge in [0.2, 0.25) is 0 Å². The van der Waals surface area contributed by atoms with E-state index in [1.165, 1.54) is 0 Å². The number of hydrogen-bond acceptors (Lipinski definition) is 4. The van der Waals surface area contributed by atoms with Crippen molar-refractivity contribution < 1.29 is 13.6 Å². The molecule has 4 nitrogen and oxygen atoms in total. The summed E-state index contributed by atoms with van der Waals surface area (Å²) in [5.74, 6) is 0. The summed E-state index contributed by atoms with van der Waals surface area (Å²) in [6.07, 6.45) is -2.99. The van der Waals surface area contributed by atoms with Gasteiger partial charge in [-0.15, -0.1) is 0 Å². The first-order valence-corrected chi connectivity index (χ1v) is 8.06. The molecule has 12 heavy (non-hydrogen) atoms. The third-order valence-corrected chi connectivity index (χ3v) is 5.82. The van der Waals surface area contributed by atoms with Gasteiger partial charge in [0.15, 0.2) is 0 Å². The van der Waals surface area contributed by atoms with Gasteiger partial charge in [0.25, 0.3) is 0 Å². The molecule has 0 unspecified atom stereocenters. The van der Waals surface area contributed by atoms with Crippen molar-refractivity contribution in [2.75, 3.05) is 13.2 Å². The van der Waals surface area contributed by atoms with E-state index >= 15 is 0 Å². The molecule has 0 aromatic heterocycles. The van der Waals surface area contributed by atoms with Crippen LogP contribution in [0, 0.1) is 15.6 Å². The van der Waals surface area contributed by atoms with Crippen LogP contribution in [0.15, 0.2) is 0 Å². The minimum absolute atomic E-state index is 0.0839. The molecule has 1 heterocycles. The summed E-state index contributed by atoms with van der Waals surface area (Å²) >= 11 is -0.691. The Morgan fingerprint density at radius 1 is 1.50 bits per heavy atom. The Bertz CT molecular complexity index is 246. The Hall–Kier alpha value is 0.159. The van der Waals surface area contributed by atoms with E-state index in [2.05, 4.69) is 0 Å². The first kappa shape index (κ1) is 10.2. The van der Waals surface area contributed by atoms with Gasteiger partial charge in [0.1, 0.15) is 0 Å². The van der Waals surface area contributed by atoms with E-state index < -0.39 is 20.8 Å². The van der Waals surface area contributed by atoms with Crippen LogP contribution in [0.1, 0.15) is 13.8 Å². The third kappa shape index (κ3) is 2.58. The van der Waals surface area contributed by atoms with Crippen LogP contribution < -0.4 is 0 Å². The quantitative estimate of drug-likeness (QED) is 0.523. The molecule has 1 aliphatic heterocycles. The number of hydrogen-bond donors (Lipinski definition) is 0. The fourth-order valence-electron chi connectivity index (χ4n) is 0.689. The van der Waals surface area contributed by atoms with Gasteiger partial charge in [0.05, 0.1) is 0 Å². The van der Waals surface area contributed by atoms with Crippen molar-refractivity contribution in [2.24, 2.45) is 5.41 Å². The number of nitriles is 1. The summed E-state index contributed by atoms with van der Waals surface area (Å²) in [6, 6.07) is 0. The van der Waals surface area contributed by atoms with Gasteiger partial charge >= 0.3 is 77.1 Å². The van der Waals surface area contributed by atoms with Crippen LogP contribution in [0.5, 0.6) is 0 Å². The Morgan fingerprint density at radius 2 is 2.00 bits per heavy atom. The summed E-state index contributed by atoms with van der Waals surface area (Å²) in [4.78, 5) is 1.85. The molecular weight excluding hydrogens is 244 g/mol. The minimum atomic E-state index is -2.99. The molecule has 0 amide bonds. The molecule has 0 N–H and O–H groups in total. The zero-order valence-corrected chi connectivity index (χ0v) is 9.55. The normalized spacial score (nSPS) is 26.1. The van der Waals surface area contributed by atoms with Crippen LogP contribution in [-0.2, 0) is 13.6 Å². The maximum atomic E-state index is 11.5. The Balaban J connectivity index is 2.57. The molecule has 0 aliphatic carbocycles. The molecule has 0 saturated carbocycles. The monoisotopic (exact) mass is 255 g/mol. The zero-order chi connectivity index (χ0) is 9.24. The van der Waals surface area contributed by atoms with Crippen LogP contribution in [0.4, 0.5) is 0 Å². The van der Waals surface area contributed by atoms with Gasteiger partial charge in [-0.1, -0.05) is 0 Å². The molecule has 0 atom stereocenters. The van der Waals surface area contributed by atoms with E-state index in [1.807, 2.05) is 18.8 Å². The van der Waals surface area contributed by atoms with Crippen LogP contribution in [0.25, 0.3) is 0 Å². The standard InChI is InChI=1S/C6H10NO3PSe/c1-6(2)3-9-11(8,10-4-6)12-5-7/h3-4H2,1-2H3. The Kier molecular flexibility index (Phi) is 2.98. The fourth-order valence-corrected chi connectivity index (χ4v) is 3.94. The molecule has 0 aromatic rings. The predicted molar refractivity (Wildman–Crippen MR) is 44.7 cm³/mol. The second-order valence-corrected chi connectivity index (χ2v) is 9.28. The van der Waals surface area contributed by atoms with E-state index in [9.17, 15) is 4.57 Å². The van der Waals surface area contributed by atoms with Crippen LogP contribution in [-0.4, -0.2) is 27.7 Å². The summed E-state index contributed by atoms with van der Waals surface area (Å²) in [5.41, 5.74) is -0.0839. The molecular formula is C6H10NO3PSe. The van der Waals surface area contributed by atoms with Gasteiger partial charge < -0.3 is 0 Å². The molecule has 1 aliphatic rings. The van der Waals surface area contributed by atoms with E-state index in [4.69, 9.17) is 14.3 Å². The first-order chi connectivity index (χ1) is 5.47. The third-order valence-electron chi connectivity index (χ3n) is 1.38. The van der Waals surface area contributed by atoms with Crippen molar-refractivity contribution in [1.29, 1.82) is 5.26 Å². The fraction of sp³-hybridized carbons (Fsp3) is 0.833. The Morgan fingerprint density at radius 3 is 2.42 bits per heavy atom. The molecule has 68 valence electrons. The topological polar surface area (TPSA) is 59.3 Å². The molecule has 0 bridgehead atoms. The number of rotatable bonds is 1. The molecule has 0 aromatic carbocycles. The maximum absolute atomic E-state index is 11.5. The van der Waals surface area contributed by atoms with Crippen molar-refractivity contribution >= 4 is 20.8 Å². The van der Waals surface area contributed by atoms with Crippen molar-refractivity contribution in [3.8, 4) is 4.97 Å². The van der Waals surface area contributed by atoms with Crippen LogP contribution in [0.2, 0.25) is 0 Å². The van der Waals surface area contributed by atoms with Crippen LogP contribution in [0.3, 0.4) is 0 Å². The van der Waals surface area contributed by atoms with Crippen molar-refractivity contribution in [2.45, 2.75) is 13.8 Å².